The molecule has 9 aromatic rings. The number of aryl methyl sites for hydroxylation is 5. The van der Waals surface area contributed by atoms with Gasteiger partial charge < -0.3 is 13.5 Å². The van der Waals surface area contributed by atoms with Crippen molar-refractivity contribution >= 4 is 54.8 Å². The maximum atomic E-state index is 6.50. The minimum absolute atomic E-state index is 0. The Balaban J connectivity index is 0.00000324. The topological polar surface area (TPSA) is 56.7 Å². The maximum Gasteiger partial charge on any atom is 2.00 e. The molecule has 0 fully saturated rings. The van der Waals surface area contributed by atoms with Gasteiger partial charge in [-0.1, -0.05) is 87.8 Å². The molecule has 0 bridgehead atoms. The summed E-state index contributed by atoms with van der Waals surface area (Å²) in [7, 11) is 0. The van der Waals surface area contributed by atoms with Crippen LogP contribution >= 0.6 is 0 Å². The first-order valence-electron chi connectivity index (χ1n) is 15.5. The Hall–Kier alpha value is -5.06. The minimum Gasteiger partial charge on any atom is -0.497 e. The molecule has 0 amide bonds. The first-order chi connectivity index (χ1) is 22.4. The Labute approximate surface area is 285 Å². The van der Waals surface area contributed by atoms with Crippen molar-refractivity contribution in [3.63, 3.8) is 0 Å². The van der Waals surface area contributed by atoms with Crippen molar-refractivity contribution in [3.05, 3.63) is 125 Å². The number of aromatic nitrogens is 5. The molecule has 0 atom stereocenters. The van der Waals surface area contributed by atoms with Crippen LogP contribution in [0.2, 0.25) is 0 Å². The first kappa shape index (κ1) is 29.3. The summed E-state index contributed by atoms with van der Waals surface area (Å²) in [6, 6.07) is 32.2. The Morgan fingerprint density at radius 1 is 0.660 bits per heavy atom. The van der Waals surface area contributed by atoms with E-state index < -0.39 is 0 Å². The number of rotatable bonds is 3. The van der Waals surface area contributed by atoms with Crippen LogP contribution in [0.25, 0.3) is 66.0 Å². The molecule has 0 aliphatic heterocycles. The van der Waals surface area contributed by atoms with Crippen LogP contribution in [0.1, 0.15) is 28.1 Å². The van der Waals surface area contributed by atoms with Crippen molar-refractivity contribution in [1.29, 1.82) is 0 Å². The second kappa shape index (κ2) is 10.7. The van der Waals surface area contributed by atoms with Crippen LogP contribution in [-0.4, -0.2) is 23.8 Å². The van der Waals surface area contributed by atoms with Crippen molar-refractivity contribution in [2.75, 3.05) is 0 Å². The standard InChI is InChI=1S/C40H29N5O.Pt/c1-22-17-23(2)37(24(3)18-22)35-21-44-38-32(10-8-16-41-38)30-15-13-27(19-33(30)39(44)43-35)46-28-12-14-29-31-9-6-7-11-36(31)45-26(5)25(4)42-40(45)34(29)20-28;/h6-18,21H,1-5H3;/q-2;+2. The van der Waals surface area contributed by atoms with Crippen LogP contribution < -0.4 is 4.74 Å². The zero-order valence-corrected chi connectivity index (χ0v) is 28.8. The van der Waals surface area contributed by atoms with Gasteiger partial charge in [-0.05, 0) is 68.7 Å². The van der Waals surface area contributed by atoms with Crippen molar-refractivity contribution in [2.24, 2.45) is 0 Å². The van der Waals surface area contributed by atoms with Crippen LogP contribution in [0.5, 0.6) is 11.5 Å². The number of pyridine rings is 3. The number of hydrogen-bond donors (Lipinski definition) is 0. The third-order valence-electron chi connectivity index (χ3n) is 9.23. The van der Waals surface area contributed by atoms with Crippen LogP contribution in [-0.2, 0) is 21.1 Å². The summed E-state index contributed by atoms with van der Waals surface area (Å²) >= 11 is 0. The second-order valence-corrected chi connectivity index (χ2v) is 12.3. The van der Waals surface area contributed by atoms with Crippen molar-refractivity contribution in [2.45, 2.75) is 34.6 Å². The van der Waals surface area contributed by atoms with Crippen LogP contribution in [0.3, 0.4) is 0 Å². The molecule has 47 heavy (non-hydrogen) atoms. The zero-order chi connectivity index (χ0) is 31.3. The zero-order valence-electron chi connectivity index (χ0n) is 26.5. The molecule has 0 saturated carbocycles. The molecule has 230 valence electrons. The summed E-state index contributed by atoms with van der Waals surface area (Å²) in [5.41, 5.74) is 11.5. The molecule has 0 unspecified atom stereocenters. The van der Waals surface area contributed by atoms with Crippen molar-refractivity contribution in [1.82, 2.24) is 23.8 Å². The number of para-hydroxylation sites is 1. The van der Waals surface area contributed by atoms with E-state index in [4.69, 9.17) is 19.7 Å². The number of ether oxygens (including phenoxy) is 1. The summed E-state index contributed by atoms with van der Waals surface area (Å²) in [6.45, 7) is 10.6. The number of imidazole rings is 2. The van der Waals surface area contributed by atoms with Gasteiger partial charge in [-0.25, -0.2) is 4.98 Å². The molecular formula is C40H29N5OPt. The Bertz CT molecular complexity index is 2720. The third kappa shape index (κ3) is 4.39. The maximum absolute atomic E-state index is 6.50. The largest absolute Gasteiger partial charge is 2.00 e. The van der Waals surface area contributed by atoms with Gasteiger partial charge in [0.2, 0.25) is 0 Å². The Kier molecular flexibility index (Phi) is 6.71. The normalized spacial score (nSPS) is 11.8. The Morgan fingerprint density at radius 2 is 1.32 bits per heavy atom. The molecule has 0 N–H and O–H groups in total. The van der Waals surface area contributed by atoms with Gasteiger partial charge in [0.1, 0.15) is 5.65 Å². The molecule has 0 spiro atoms. The molecule has 7 heteroatoms. The van der Waals surface area contributed by atoms with E-state index >= 15 is 0 Å². The Morgan fingerprint density at radius 3 is 2.06 bits per heavy atom. The van der Waals surface area contributed by atoms with Gasteiger partial charge >= 0.3 is 21.1 Å². The average molecular weight is 791 g/mol. The average Bonchev–Trinajstić information content (AvgIpc) is 3.62. The monoisotopic (exact) mass is 790 g/mol. The summed E-state index contributed by atoms with van der Waals surface area (Å²) in [5.74, 6) is 1.19. The van der Waals surface area contributed by atoms with E-state index in [0.29, 0.717) is 11.5 Å². The van der Waals surface area contributed by atoms with E-state index in [1.54, 1.807) is 0 Å². The van der Waals surface area contributed by atoms with Gasteiger partial charge in [0, 0.05) is 46.4 Å². The van der Waals surface area contributed by atoms with Crippen molar-refractivity contribution < 1.29 is 25.8 Å². The third-order valence-corrected chi connectivity index (χ3v) is 9.23. The number of benzene rings is 4. The van der Waals surface area contributed by atoms with Gasteiger partial charge in [0.05, 0.1) is 17.0 Å². The summed E-state index contributed by atoms with van der Waals surface area (Å²) < 4.78 is 10.8. The van der Waals surface area contributed by atoms with Gasteiger partial charge in [0.15, 0.2) is 0 Å². The molecular weight excluding hydrogens is 762 g/mol. The molecule has 0 aliphatic rings. The van der Waals surface area contributed by atoms with E-state index in [2.05, 4.69) is 116 Å². The molecule has 6 nitrogen and oxygen atoms in total. The van der Waals surface area contributed by atoms with Crippen molar-refractivity contribution in [3.8, 4) is 22.8 Å². The summed E-state index contributed by atoms with van der Waals surface area (Å²) in [5, 5.41) is 6.11. The van der Waals surface area contributed by atoms with Gasteiger partial charge in [-0.3, -0.25) is 9.97 Å². The van der Waals surface area contributed by atoms with E-state index in [9.17, 15) is 0 Å². The molecule has 5 heterocycles. The molecule has 0 radical (unpaired) electrons. The number of hydrogen-bond acceptors (Lipinski definition) is 4. The van der Waals surface area contributed by atoms with Crippen LogP contribution in [0.4, 0.5) is 0 Å². The first-order valence-corrected chi connectivity index (χ1v) is 15.5. The molecule has 0 aliphatic carbocycles. The van der Waals surface area contributed by atoms with E-state index in [1.165, 1.54) is 16.7 Å². The van der Waals surface area contributed by atoms with Crippen LogP contribution in [0, 0.1) is 46.8 Å². The predicted molar refractivity (Wildman–Crippen MR) is 185 cm³/mol. The SMILES string of the molecule is Cc1cc(C)c(-c2cn3c(n2)c2[c-]c(Oc4[c-]c5c(cc4)c4ccccc4n4c(C)c(C)nc54)ccc2c2cccnc23)c(C)c1.[Pt+2]. The number of fused-ring (bicyclic) bond motifs is 12. The fourth-order valence-electron chi connectivity index (χ4n) is 7.18. The molecule has 0 saturated heterocycles. The van der Waals surface area contributed by atoms with E-state index in [-0.39, 0.29) is 21.1 Å². The quantitative estimate of drug-likeness (QED) is 0.132. The van der Waals surface area contributed by atoms with Gasteiger partial charge in [0.25, 0.3) is 0 Å². The van der Waals surface area contributed by atoms with Crippen LogP contribution in [0.15, 0.2) is 85.2 Å². The predicted octanol–water partition coefficient (Wildman–Crippen LogP) is 9.59. The molecule has 9 rings (SSSR count). The minimum atomic E-state index is 0. The second-order valence-electron chi connectivity index (χ2n) is 12.3. The number of nitrogens with zero attached hydrogens (tertiary/aromatic N) is 5. The molecule has 5 aromatic heterocycles. The summed E-state index contributed by atoms with van der Waals surface area (Å²) in [6.07, 6.45) is 3.92. The van der Waals surface area contributed by atoms with E-state index in [0.717, 1.165) is 77.4 Å². The van der Waals surface area contributed by atoms with Gasteiger partial charge in [-0.2, -0.15) is 0 Å². The summed E-state index contributed by atoms with van der Waals surface area (Å²) in [4.78, 5) is 14.9. The fourth-order valence-corrected chi connectivity index (χ4v) is 7.18. The van der Waals surface area contributed by atoms with E-state index in [1.807, 2.05) is 24.4 Å². The van der Waals surface area contributed by atoms with Gasteiger partial charge in [-0.15, -0.1) is 12.1 Å². The smallest absolute Gasteiger partial charge is 0.497 e. The molecule has 4 aromatic carbocycles. The fraction of sp³-hybridized carbons (Fsp3) is 0.125.